The van der Waals surface area contributed by atoms with Crippen molar-refractivity contribution in [3.8, 4) is 0 Å². The number of carbonyl (C=O) groups is 1. The Labute approximate surface area is 177 Å². The second-order valence-electron chi connectivity index (χ2n) is 7.66. The predicted octanol–water partition coefficient (Wildman–Crippen LogP) is 5.66. The zero-order valence-electron chi connectivity index (χ0n) is 16.4. The third-order valence-corrected chi connectivity index (χ3v) is 5.68. The molecule has 0 aliphatic carbocycles. The summed E-state index contributed by atoms with van der Waals surface area (Å²) in [5.74, 6) is -0.870. The summed E-state index contributed by atoms with van der Waals surface area (Å²) >= 11 is 0. The highest BCUT2D eigenvalue weighted by atomic mass is 19.4. The van der Waals surface area contributed by atoms with Crippen molar-refractivity contribution in [2.24, 2.45) is 4.99 Å². The first-order chi connectivity index (χ1) is 14.9. The van der Waals surface area contributed by atoms with Gasteiger partial charge in [-0.1, -0.05) is 42.5 Å². The minimum absolute atomic E-state index is 0.131. The van der Waals surface area contributed by atoms with E-state index in [9.17, 15) is 18.0 Å². The molecule has 31 heavy (non-hydrogen) atoms. The molecule has 2 aliphatic rings. The van der Waals surface area contributed by atoms with E-state index in [-0.39, 0.29) is 17.3 Å². The number of aliphatic imine (C=N–C) groups is 1. The molecule has 0 aromatic heterocycles. The van der Waals surface area contributed by atoms with Crippen molar-refractivity contribution in [3.05, 3.63) is 89.0 Å². The molecule has 5 rings (SSSR count). The Bertz CT molecular complexity index is 1180. The van der Waals surface area contributed by atoms with Crippen molar-refractivity contribution in [3.63, 3.8) is 0 Å². The summed E-state index contributed by atoms with van der Waals surface area (Å²) in [6.07, 6.45) is -3.12. The molecule has 0 saturated heterocycles. The summed E-state index contributed by atoms with van der Waals surface area (Å²) in [7, 11) is 0. The standard InChI is InChI=1S/C24H18F3N3O/c25-24(26,27)20-11-17(28-12-19-18-7-3-4-8-21(18)29-23(19)31)9-10-22(20)30-13-15-5-1-2-6-16(15)14-30/h1-12,19H,13-14H2,(H,29,31). The molecular weight excluding hydrogens is 403 g/mol. The molecule has 7 heteroatoms. The normalized spacial score (nSPS) is 17.7. The molecule has 1 atom stereocenters. The van der Waals surface area contributed by atoms with Gasteiger partial charge in [-0.2, -0.15) is 13.2 Å². The summed E-state index contributed by atoms with van der Waals surface area (Å²) in [5, 5.41) is 2.76. The number of halogens is 3. The highest BCUT2D eigenvalue weighted by molar-refractivity contribution is 6.12. The molecule has 3 aromatic carbocycles. The molecule has 3 aromatic rings. The van der Waals surface area contributed by atoms with E-state index in [2.05, 4.69) is 10.3 Å². The van der Waals surface area contributed by atoms with Crippen LogP contribution >= 0.6 is 0 Å². The molecule has 4 nitrogen and oxygen atoms in total. The summed E-state index contributed by atoms with van der Waals surface area (Å²) in [5.41, 5.74) is 3.08. The van der Waals surface area contributed by atoms with E-state index in [1.54, 1.807) is 23.1 Å². The molecule has 0 spiro atoms. The van der Waals surface area contributed by atoms with Gasteiger partial charge in [-0.3, -0.25) is 9.79 Å². The Hall–Kier alpha value is -3.61. The van der Waals surface area contributed by atoms with Gasteiger partial charge in [-0.25, -0.2) is 0 Å². The number of hydrogen-bond donors (Lipinski definition) is 1. The maximum Gasteiger partial charge on any atom is 0.418 e. The number of alkyl halides is 3. The van der Waals surface area contributed by atoms with Gasteiger partial charge in [-0.15, -0.1) is 0 Å². The van der Waals surface area contributed by atoms with Gasteiger partial charge in [0.15, 0.2) is 0 Å². The minimum Gasteiger partial charge on any atom is -0.362 e. The smallest absolute Gasteiger partial charge is 0.362 e. The average molecular weight is 421 g/mol. The van der Waals surface area contributed by atoms with E-state index >= 15 is 0 Å². The number of para-hydroxylation sites is 1. The fraction of sp³-hybridized carbons (Fsp3) is 0.167. The van der Waals surface area contributed by atoms with Crippen molar-refractivity contribution < 1.29 is 18.0 Å². The van der Waals surface area contributed by atoms with Gasteiger partial charge in [0, 0.05) is 30.7 Å². The van der Waals surface area contributed by atoms with Crippen molar-refractivity contribution in [1.29, 1.82) is 0 Å². The molecule has 1 amide bonds. The molecule has 0 bridgehead atoms. The number of fused-ring (bicyclic) bond motifs is 2. The van der Waals surface area contributed by atoms with Gasteiger partial charge >= 0.3 is 6.18 Å². The minimum atomic E-state index is -4.52. The van der Waals surface area contributed by atoms with Crippen LogP contribution in [0.2, 0.25) is 0 Å². The Morgan fingerprint density at radius 1 is 0.968 bits per heavy atom. The predicted molar refractivity (Wildman–Crippen MR) is 114 cm³/mol. The second kappa shape index (κ2) is 7.27. The molecule has 0 saturated carbocycles. The van der Waals surface area contributed by atoms with E-state index in [0.717, 1.165) is 22.8 Å². The average Bonchev–Trinajstić information content (AvgIpc) is 3.31. The zero-order valence-corrected chi connectivity index (χ0v) is 16.4. The molecule has 2 aliphatic heterocycles. The van der Waals surface area contributed by atoms with Crippen molar-refractivity contribution in [1.82, 2.24) is 0 Å². The van der Waals surface area contributed by atoms with Crippen LogP contribution in [-0.4, -0.2) is 12.1 Å². The lowest BCUT2D eigenvalue weighted by molar-refractivity contribution is -0.137. The van der Waals surface area contributed by atoms with Gasteiger partial charge in [0.25, 0.3) is 0 Å². The van der Waals surface area contributed by atoms with Crippen LogP contribution in [-0.2, 0) is 24.1 Å². The van der Waals surface area contributed by atoms with E-state index in [0.29, 0.717) is 18.8 Å². The van der Waals surface area contributed by atoms with Crippen LogP contribution in [0.1, 0.15) is 28.2 Å². The SMILES string of the molecule is O=C1Nc2ccccc2C1C=Nc1ccc(N2Cc3ccccc3C2)c(C(F)(F)F)c1. The Balaban J connectivity index is 1.45. The molecule has 1 N–H and O–H groups in total. The first-order valence-corrected chi connectivity index (χ1v) is 9.87. The number of carbonyl (C=O) groups excluding carboxylic acids is 1. The number of nitrogens with one attached hydrogen (secondary N) is 1. The molecule has 1 unspecified atom stereocenters. The summed E-state index contributed by atoms with van der Waals surface area (Å²) in [4.78, 5) is 18.2. The molecule has 2 heterocycles. The number of benzene rings is 3. The summed E-state index contributed by atoms with van der Waals surface area (Å²) < 4.78 is 41.6. The first-order valence-electron chi connectivity index (χ1n) is 9.87. The monoisotopic (exact) mass is 421 g/mol. The van der Waals surface area contributed by atoms with E-state index in [1.165, 1.54) is 12.3 Å². The number of amides is 1. The molecular formula is C24H18F3N3O. The Morgan fingerprint density at radius 3 is 2.35 bits per heavy atom. The van der Waals surface area contributed by atoms with Crippen LogP contribution < -0.4 is 10.2 Å². The molecule has 156 valence electrons. The Kier molecular flexibility index (Phi) is 4.54. The fourth-order valence-electron chi connectivity index (χ4n) is 4.15. The van der Waals surface area contributed by atoms with Gasteiger partial charge in [-0.05, 0) is 41.0 Å². The van der Waals surface area contributed by atoms with E-state index < -0.39 is 17.7 Å². The van der Waals surface area contributed by atoms with Crippen LogP contribution in [0, 0.1) is 0 Å². The first kappa shape index (κ1) is 19.4. The Morgan fingerprint density at radius 2 is 1.65 bits per heavy atom. The van der Waals surface area contributed by atoms with Crippen LogP contribution in [0.15, 0.2) is 71.7 Å². The third kappa shape index (κ3) is 3.56. The number of anilines is 2. The van der Waals surface area contributed by atoms with Gasteiger partial charge in [0.2, 0.25) is 5.91 Å². The van der Waals surface area contributed by atoms with E-state index in [4.69, 9.17) is 0 Å². The van der Waals surface area contributed by atoms with Crippen molar-refractivity contribution in [2.75, 3.05) is 10.2 Å². The number of hydrogen-bond acceptors (Lipinski definition) is 3. The lowest BCUT2D eigenvalue weighted by Crippen LogP contribution is -2.19. The van der Waals surface area contributed by atoms with Gasteiger partial charge in [0.05, 0.1) is 11.3 Å². The second-order valence-corrected chi connectivity index (χ2v) is 7.66. The number of nitrogens with zero attached hydrogens (tertiary/aromatic N) is 2. The number of rotatable bonds is 3. The summed E-state index contributed by atoms with van der Waals surface area (Å²) in [6.45, 7) is 0.863. The van der Waals surface area contributed by atoms with Crippen molar-refractivity contribution in [2.45, 2.75) is 25.2 Å². The lowest BCUT2D eigenvalue weighted by Gasteiger charge is -2.23. The largest absolute Gasteiger partial charge is 0.418 e. The van der Waals surface area contributed by atoms with Crippen LogP contribution in [0.25, 0.3) is 0 Å². The zero-order chi connectivity index (χ0) is 21.6. The van der Waals surface area contributed by atoms with Crippen LogP contribution in [0.4, 0.5) is 30.2 Å². The van der Waals surface area contributed by atoms with Gasteiger partial charge < -0.3 is 10.2 Å². The lowest BCUT2D eigenvalue weighted by atomic mass is 10.0. The highest BCUT2D eigenvalue weighted by Crippen LogP contribution is 2.41. The third-order valence-electron chi connectivity index (χ3n) is 5.68. The highest BCUT2D eigenvalue weighted by Gasteiger charge is 2.36. The molecule has 0 fully saturated rings. The maximum atomic E-state index is 13.9. The quantitative estimate of drug-likeness (QED) is 0.555. The maximum absolute atomic E-state index is 13.9. The molecule has 0 radical (unpaired) electrons. The van der Waals surface area contributed by atoms with Crippen LogP contribution in [0.3, 0.4) is 0 Å². The summed E-state index contributed by atoms with van der Waals surface area (Å²) in [6, 6.07) is 18.9. The topological polar surface area (TPSA) is 44.7 Å². The van der Waals surface area contributed by atoms with Gasteiger partial charge in [0.1, 0.15) is 5.92 Å². The van der Waals surface area contributed by atoms with Crippen LogP contribution in [0.5, 0.6) is 0 Å². The van der Waals surface area contributed by atoms with Crippen molar-refractivity contribution >= 4 is 29.2 Å². The fourth-order valence-corrected chi connectivity index (χ4v) is 4.15. The van der Waals surface area contributed by atoms with E-state index in [1.807, 2.05) is 36.4 Å².